The predicted octanol–water partition coefficient (Wildman–Crippen LogP) is 1.14. The molecule has 0 bridgehead atoms. The molecule has 3 rings (SSSR count). The minimum absolute atomic E-state index is 0.0692. The molecule has 120 valence electrons. The maximum absolute atomic E-state index is 12.4. The number of methoxy groups -OCH3 is 1. The zero-order chi connectivity index (χ0) is 16.4. The lowest BCUT2D eigenvalue weighted by molar-refractivity contribution is 0.0598. The molecule has 7 heteroatoms. The molecule has 3 heterocycles. The van der Waals surface area contributed by atoms with Gasteiger partial charge in [-0.15, -0.1) is 0 Å². The van der Waals surface area contributed by atoms with Crippen LogP contribution in [0.5, 0.6) is 0 Å². The molecule has 0 radical (unpaired) electrons. The lowest BCUT2D eigenvalue weighted by Gasteiger charge is -2.18. The van der Waals surface area contributed by atoms with E-state index in [1.54, 1.807) is 24.1 Å². The van der Waals surface area contributed by atoms with E-state index in [-0.39, 0.29) is 11.9 Å². The van der Waals surface area contributed by atoms with E-state index < -0.39 is 0 Å². The third kappa shape index (κ3) is 2.94. The number of rotatable bonds is 2. The Kier molecular flexibility index (Phi) is 4.10. The number of carbonyl (C=O) groups is 2. The SMILES string of the molecule is COC(=O)c1cc2c(nc1C)CCN(C(=O)c1ccn[nH]1)CC2. The Hall–Kier alpha value is -2.70. The van der Waals surface area contributed by atoms with Crippen molar-refractivity contribution in [2.75, 3.05) is 20.2 Å². The Labute approximate surface area is 133 Å². The molecule has 1 aliphatic heterocycles. The maximum Gasteiger partial charge on any atom is 0.339 e. The van der Waals surface area contributed by atoms with Gasteiger partial charge in [-0.3, -0.25) is 14.9 Å². The first-order valence-corrected chi connectivity index (χ1v) is 7.46. The predicted molar refractivity (Wildman–Crippen MR) is 82.2 cm³/mol. The van der Waals surface area contributed by atoms with Crippen molar-refractivity contribution in [2.24, 2.45) is 0 Å². The van der Waals surface area contributed by atoms with Gasteiger partial charge in [0, 0.05) is 31.4 Å². The molecule has 7 nitrogen and oxygen atoms in total. The number of aromatic amines is 1. The molecule has 2 aromatic rings. The monoisotopic (exact) mass is 314 g/mol. The van der Waals surface area contributed by atoms with E-state index in [2.05, 4.69) is 15.2 Å². The van der Waals surface area contributed by atoms with Crippen LogP contribution in [0.25, 0.3) is 0 Å². The number of hydrogen-bond acceptors (Lipinski definition) is 5. The number of carbonyl (C=O) groups excluding carboxylic acids is 2. The first-order chi connectivity index (χ1) is 11.1. The minimum Gasteiger partial charge on any atom is -0.465 e. The van der Waals surface area contributed by atoms with Crippen LogP contribution in [-0.2, 0) is 17.6 Å². The number of aryl methyl sites for hydroxylation is 1. The Balaban J connectivity index is 1.83. The van der Waals surface area contributed by atoms with Gasteiger partial charge in [0.2, 0.25) is 0 Å². The van der Waals surface area contributed by atoms with Crippen LogP contribution in [-0.4, -0.2) is 52.2 Å². The lowest BCUT2D eigenvalue weighted by atomic mass is 10.0. The van der Waals surface area contributed by atoms with Crippen molar-refractivity contribution >= 4 is 11.9 Å². The molecule has 0 spiro atoms. The zero-order valence-electron chi connectivity index (χ0n) is 13.1. The van der Waals surface area contributed by atoms with Crippen molar-refractivity contribution in [3.63, 3.8) is 0 Å². The van der Waals surface area contributed by atoms with Crippen molar-refractivity contribution in [3.05, 3.63) is 46.5 Å². The Morgan fingerprint density at radius 2 is 2.09 bits per heavy atom. The molecule has 0 aliphatic carbocycles. The third-order valence-corrected chi connectivity index (χ3v) is 4.07. The Bertz CT molecular complexity index is 740. The highest BCUT2D eigenvalue weighted by Crippen LogP contribution is 2.19. The molecule has 0 unspecified atom stereocenters. The highest BCUT2D eigenvalue weighted by atomic mass is 16.5. The quantitative estimate of drug-likeness (QED) is 0.840. The Morgan fingerprint density at radius 1 is 1.30 bits per heavy atom. The van der Waals surface area contributed by atoms with Crippen molar-refractivity contribution in [3.8, 4) is 0 Å². The lowest BCUT2D eigenvalue weighted by Crippen LogP contribution is -2.33. The summed E-state index contributed by atoms with van der Waals surface area (Å²) in [6, 6.07) is 3.51. The standard InChI is InChI=1S/C16H18N4O3/c1-10-12(16(22)23-2)9-11-4-7-20(8-5-13(11)18-10)15(21)14-3-6-17-19-14/h3,6,9H,4-5,7-8H2,1-2H3,(H,17,19). The van der Waals surface area contributed by atoms with E-state index in [1.165, 1.54) is 7.11 Å². The second-order valence-electron chi connectivity index (χ2n) is 5.48. The first kappa shape index (κ1) is 15.2. The minimum atomic E-state index is -0.382. The molecule has 0 fully saturated rings. The molecule has 23 heavy (non-hydrogen) atoms. The van der Waals surface area contributed by atoms with Gasteiger partial charge in [-0.05, 0) is 31.0 Å². The molecule has 1 N–H and O–H groups in total. The summed E-state index contributed by atoms with van der Waals surface area (Å²) in [4.78, 5) is 30.5. The number of ether oxygens (including phenoxy) is 1. The molecule has 0 saturated carbocycles. The van der Waals surface area contributed by atoms with E-state index in [4.69, 9.17) is 4.74 Å². The van der Waals surface area contributed by atoms with Crippen molar-refractivity contribution in [2.45, 2.75) is 19.8 Å². The first-order valence-electron chi connectivity index (χ1n) is 7.46. The summed E-state index contributed by atoms with van der Waals surface area (Å²) < 4.78 is 4.79. The van der Waals surface area contributed by atoms with Crippen molar-refractivity contribution in [1.82, 2.24) is 20.1 Å². The van der Waals surface area contributed by atoms with Gasteiger partial charge in [-0.25, -0.2) is 4.79 Å². The smallest absolute Gasteiger partial charge is 0.339 e. The number of aromatic nitrogens is 3. The summed E-state index contributed by atoms with van der Waals surface area (Å²) in [5, 5.41) is 6.52. The van der Waals surface area contributed by atoms with Gasteiger partial charge in [0.05, 0.1) is 18.4 Å². The number of nitrogens with one attached hydrogen (secondary N) is 1. The van der Waals surface area contributed by atoms with Crippen LogP contribution < -0.4 is 0 Å². The summed E-state index contributed by atoms with van der Waals surface area (Å²) in [6.07, 6.45) is 2.89. The molecule has 0 atom stereocenters. The molecular formula is C16H18N4O3. The van der Waals surface area contributed by atoms with Crippen LogP contribution in [0.4, 0.5) is 0 Å². The second-order valence-corrected chi connectivity index (χ2v) is 5.48. The third-order valence-electron chi connectivity index (χ3n) is 4.07. The number of amides is 1. The van der Waals surface area contributed by atoms with Crippen LogP contribution >= 0.6 is 0 Å². The van der Waals surface area contributed by atoms with Gasteiger partial charge in [0.25, 0.3) is 5.91 Å². The molecular weight excluding hydrogens is 296 g/mol. The molecule has 0 aromatic carbocycles. The van der Waals surface area contributed by atoms with Crippen LogP contribution in [0.3, 0.4) is 0 Å². The van der Waals surface area contributed by atoms with E-state index >= 15 is 0 Å². The van der Waals surface area contributed by atoms with Gasteiger partial charge >= 0.3 is 5.97 Å². The fourth-order valence-electron chi connectivity index (χ4n) is 2.80. The second kappa shape index (κ2) is 6.20. The summed E-state index contributed by atoms with van der Waals surface area (Å²) in [6.45, 7) is 2.97. The van der Waals surface area contributed by atoms with E-state index in [9.17, 15) is 9.59 Å². The topological polar surface area (TPSA) is 88.2 Å². The Morgan fingerprint density at radius 3 is 2.78 bits per heavy atom. The van der Waals surface area contributed by atoms with Crippen LogP contribution in [0.1, 0.15) is 37.8 Å². The summed E-state index contributed by atoms with van der Waals surface area (Å²) in [5.41, 5.74) is 3.56. The van der Waals surface area contributed by atoms with E-state index in [0.717, 1.165) is 11.3 Å². The molecule has 0 saturated heterocycles. The van der Waals surface area contributed by atoms with Crippen LogP contribution in [0.15, 0.2) is 18.3 Å². The number of pyridine rings is 1. The van der Waals surface area contributed by atoms with Gasteiger partial charge in [0.15, 0.2) is 0 Å². The van der Waals surface area contributed by atoms with Crippen molar-refractivity contribution in [1.29, 1.82) is 0 Å². The number of fused-ring (bicyclic) bond motifs is 1. The summed E-state index contributed by atoms with van der Waals surface area (Å²) in [5.74, 6) is -0.451. The highest BCUT2D eigenvalue weighted by Gasteiger charge is 2.23. The number of H-pyrrole nitrogens is 1. The number of nitrogens with zero attached hydrogens (tertiary/aromatic N) is 3. The number of esters is 1. The molecule has 1 amide bonds. The van der Waals surface area contributed by atoms with E-state index in [1.807, 2.05) is 6.07 Å². The largest absolute Gasteiger partial charge is 0.465 e. The average molecular weight is 314 g/mol. The van der Waals surface area contributed by atoms with Gasteiger partial charge in [-0.2, -0.15) is 5.10 Å². The molecule has 1 aliphatic rings. The van der Waals surface area contributed by atoms with Gasteiger partial charge in [0.1, 0.15) is 5.69 Å². The fourth-order valence-corrected chi connectivity index (χ4v) is 2.80. The summed E-state index contributed by atoms with van der Waals surface area (Å²) >= 11 is 0. The average Bonchev–Trinajstić information content (AvgIpc) is 3.01. The summed E-state index contributed by atoms with van der Waals surface area (Å²) in [7, 11) is 1.36. The van der Waals surface area contributed by atoms with Gasteiger partial charge in [-0.1, -0.05) is 0 Å². The van der Waals surface area contributed by atoms with E-state index in [0.29, 0.717) is 42.9 Å². The molecule has 2 aromatic heterocycles. The fraction of sp³-hybridized carbons (Fsp3) is 0.375. The van der Waals surface area contributed by atoms with Crippen LogP contribution in [0.2, 0.25) is 0 Å². The zero-order valence-corrected chi connectivity index (χ0v) is 13.1. The maximum atomic E-state index is 12.4. The number of hydrogen-bond donors (Lipinski definition) is 1. The highest BCUT2D eigenvalue weighted by molar-refractivity contribution is 5.92. The van der Waals surface area contributed by atoms with Crippen LogP contribution in [0, 0.1) is 6.92 Å². The van der Waals surface area contributed by atoms with Gasteiger partial charge < -0.3 is 9.64 Å². The van der Waals surface area contributed by atoms with Crippen molar-refractivity contribution < 1.29 is 14.3 Å². The normalized spacial score (nSPS) is 14.1.